The summed E-state index contributed by atoms with van der Waals surface area (Å²) in [5.41, 5.74) is 0.567. The molecule has 0 radical (unpaired) electrons. The molecular weight excluding hydrogens is 514 g/mol. The van der Waals surface area contributed by atoms with Crippen molar-refractivity contribution in [2.75, 3.05) is 18.5 Å². The summed E-state index contributed by atoms with van der Waals surface area (Å²) in [5.74, 6) is -1.81. The third-order valence-electron chi connectivity index (χ3n) is 3.92. The van der Waals surface area contributed by atoms with Gasteiger partial charge in [0.1, 0.15) is 28.8 Å². The van der Waals surface area contributed by atoms with Gasteiger partial charge < -0.3 is 14.5 Å². The predicted octanol–water partition coefficient (Wildman–Crippen LogP) is 3.18. The van der Waals surface area contributed by atoms with Gasteiger partial charge in [0.05, 0.1) is 5.02 Å². The van der Waals surface area contributed by atoms with Crippen LogP contribution in [0.5, 0.6) is 0 Å². The molecule has 0 saturated carbocycles. The van der Waals surface area contributed by atoms with E-state index < -0.39 is 35.1 Å². The summed E-state index contributed by atoms with van der Waals surface area (Å²) >= 11 is 9.08. The predicted molar refractivity (Wildman–Crippen MR) is 115 cm³/mol. The van der Waals surface area contributed by atoms with E-state index in [0.29, 0.717) is 15.4 Å². The second-order valence-electron chi connectivity index (χ2n) is 6.02. The zero-order valence-electron chi connectivity index (χ0n) is 15.5. The Labute approximate surface area is 190 Å². The lowest BCUT2D eigenvalue weighted by Crippen LogP contribution is -2.32. The molecule has 0 fully saturated rings. The normalized spacial score (nSPS) is 11.1. The topological polar surface area (TPSA) is 138 Å². The fourth-order valence-electron chi connectivity index (χ4n) is 2.55. The highest BCUT2D eigenvalue weighted by Gasteiger charge is 2.21. The summed E-state index contributed by atoms with van der Waals surface area (Å²) in [6, 6.07) is 12.7. The van der Waals surface area contributed by atoms with Crippen molar-refractivity contribution in [3.8, 4) is 6.07 Å². The summed E-state index contributed by atoms with van der Waals surface area (Å²) in [5, 5.41) is 12.1. The molecule has 9 nitrogen and oxygen atoms in total. The average Bonchev–Trinajstić information content (AvgIpc) is 3.08. The van der Waals surface area contributed by atoms with E-state index in [9.17, 15) is 18.0 Å². The molecule has 0 aliphatic carbocycles. The molecule has 0 atom stereocenters. The smallest absolute Gasteiger partial charge is 0.321 e. The van der Waals surface area contributed by atoms with Gasteiger partial charge in [0, 0.05) is 9.86 Å². The Morgan fingerprint density at radius 3 is 2.68 bits per heavy atom. The number of nitriles is 1. The standard InChI is InChI=1S/C19H13BrClN3O6S/c20-11-5-6-16(13(21)7-11)31(27,28)23-9-18(26)29-10-17(25)24-19-12-3-1-2-4-14(12)30-15(19)8-22/h1-7,23H,9-10H2,(H,24,25). The number of ether oxygens (including phenoxy) is 1. The van der Waals surface area contributed by atoms with Crippen LogP contribution in [0.3, 0.4) is 0 Å². The van der Waals surface area contributed by atoms with E-state index in [-0.39, 0.29) is 21.4 Å². The Kier molecular flexibility index (Phi) is 6.97. The molecule has 160 valence electrons. The van der Waals surface area contributed by atoms with Gasteiger partial charge in [0.15, 0.2) is 6.61 Å². The van der Waals surface area contributed by atoms with Crippen molar-refractivity contribution in [3.63, 3.8) is 0 Å². The summed E-state index contributed by atoms with van der Waals surface area (Å²) in [7, 11) is -4.07. The molecule has 1 amide bonds. The van der Waals surface area contributed by atoms with Gasteiger partial charge in [-0.15, -0.1) is 0 Å². The lowest BCUT2D eigenvalue weighted by atomic mass is 10.2. The Morgan fingerprint density at radius 2 is 1.97 bits per heavy atom. The molecule has 3 rings (SSSR count). The molecule has 0 saturated heterocycles. The van der Waals surface area contributed by atoms with Crippen molar-refractivity contribution in [1.29, 1.82) is 5.26 Å². The minimum Gasteiger partial charge on any atom is -0.455 e. The van der Waals surface area contributed by atoms with Crippen LogP contribution in [0.2, 0.25) is 5.02 Å². The number of carbonyl (C=O) groups is 2. The summed E-state index contributed by atoms with van der Waals surface area (Å²) in [4.78, 5) is 23.8. The number of hydrogen-bond donors (Lipinski definition) is 2. The molecular formula is C19H13BrClN3O6S. The maximum absolute atomic E-state index is 12.3. The molecule has 2 N–H and O–H groups in total. The van der Waals surface area contributed by atoms with Crippen molar-refractivity contribution in [3.05, 3.63) is 57.7 Å². The van der Waals surface area contributed by atoms with Gasteiger partial charge in [-0.05, 0) is 30.3 Å². The molecule has 0 bridgehead atoms. The number of anilines is 1. The number of esters is 1. The molecule has 0 aliphatic heterocycles. The maximum atomic E-state index is 12.3. The van der Waals surface area contributed by atoms with Crippen molar-refractivity contribution in [2.45, 2.75) is 4.90 Å². The van der Waals surface area contributed by atoms with E-state index in [2.05, 4.69) is 26.0 Å². The zero-order valence-corrected chi connectivity index (χ0v) is 18.7. The summed E-state index contributed by atoms with van der Waals surface area (Å²) < 4.78 is 37.3. The van der Waals surface area contributed by atoms with Crippen LogP contribution in [0.25, 0.3) is 11.0 Å². The van der Waals surface area contributed by atoms with Crippen LogP contribution < -0.4 is 10.0 Å². The highest BCUT2D eigenvalue weighted by Crippen LogP contribution is 2.30. The maximum Gasteiger partial charge on any atom is 0.321 e. The third-order valence-corrected chi connectivity index (χ3v) is 6.29. The second-order valence-corrected chi connectivity index (χ2v) is 9.08. The summed E-state index contributed by atoms with van der Waals surface area (Å²) in [6.45, 7) is -1.40. The minimum atomic E-state index is -4.07. The Bertz CT molecular complexity index is 1320. The van der Waals surface area contributed by atoms with Gasteiger partial charge in [0.25, 0.3) is 5.91 Å². The van der Waals surface area contributed by atoms with Crippen molar-refractivity contribution in [2.24, 2.45) is 0 Å². The van der Waals surface area contributed by atoms with E-state index >= 15 is 0 Å². The first-order valence-electron chi connectivity index (χ1n) is 8.53. The Balaban J connectivity index is 1.57. The number of sulfonamides is 1. The number of hydrogen-bond acceptors (Lipinski definition) is 7. The number of para-hydroxylation sites is 1. The van der Waals surface area contributed by atoms with Crippen LogP contribution in [-0.2, 0) is 24.3 Å². The molecule has 3 aromatic rings. The lowest BCUT2D eigenvalue weighted by Gasteiger charge is -2.09. The Morgan fingerprint density at radius 1 is 1.23 bits per heavy atom. The van der Waals surface area contributed by atoms with E-state index in [0.717, 1.165) is 0 Å². The number of carbonyl (C=O) groups excluding carboxylic acids is 2. The van der Waals surface area contributed by atoms with Crippen LogP contribution in [0.1, 0.15) is 5.76 Å². The SMILES string of the molecule is N#Cc1oc2ccccc2c1NC(=O)COC(=O)CNS(=O)(=O)c1ccc(Br)cc1Cl. The number of nitrogens with one attached hydrogen (secondary N) is 2. The fraction of sp³-hybridized carbons (Fsp3) is 0.105. The highest BCUT2D eigenvalue weighted by atomic mass is 79.9. The van der Waals surface area contributed by atoms with Gasteiger partial charge >= 0.3 is 5.97 Å². The minimum absolute atomic E-state index is 0.0322. The third kappa shape index (κ3) is 5.42. The van der Waals surface area contributed by atoms with Gasteiger partial charge in [-0.3, -0.25) is 9.59 Å². The quantitative estimate of drug-likeness (QED) is 0.451. The number of rotatable bonds is 7. The number of halogens is 2. The van der Waals surface area contributed by atoms with Gasteiger partial charge in [-0.2, -0.15) is 9.98 Å². The first-order chi connectivity index (χ1) is 14.7. The largest absolute Gasteiger partial charge is 0.455 e. The van der Waals surface area contributed by atoms with Crippen molar-refractivity contribution >= 4 is 66.1 Å². The van der Waals surface area contributed by atoms with Crippen LogP contribution in [0.15, 0.2) is 56.2 Å². The van der Waals surface area contributed by atoms with Crippen molar-refractivity contribution in [1.82, 2.24) is 4.72 Å². The number of nitrogens with zero attached hydrogens (tertiary/aromatic N) is 1. The molecule has 12 heteroatoms. The molecule has 1 aromatic heterocycles. The first-order valence-corrected chi connectivity index (χ1v) is 11.2. The second kappa shape index (κ2) is 9.49. The number of benzene rings is 2. The first kappa shape index (κ1) is 22.8. The highest BCUT2D eigenvalue weighted by molar-refractivity contribution is 9.10. The number of amides is 1. The molecule has 1 heterocycles. The number of fused-ring (bicyclic) bond motifs is 1. The van der Waals surface area contributed by atoms with E-state index in [4.69, 9.17) is 26.0 Å². The van der Waals surface area contributed by atoms with Gasteiger partial charge in [-0.1, -0.05) is 39.7 Å². The van der Waals surface area contributed by atoms with Crippen LogP contribution >= 0.6 is 27.5 Å². The molecule has 0 aliphatic rings. The monoisotopic (exact) mass is 525 g/mol. The molecule has 0 unspecified atom stereocenters. The molecule has 2 aromatic carbocycles. The fourth-order valence-corrected chi connectivity index (χ4v) is 4.55. The van der Waals surface area contributed by atoms with Crippen LogP contribution in [-0.4, -0.2) is 33.4 Å². The van der Waals surface area contributed by atoms with E-state index in [1.807, 2.05) is 6.07 Å². The summed E-state index contributed by atoms with van der Waals surface area (Å²) in [6.07, 6.45) is 0. The lowest BCUT2D eigenvalue weighted by molar-refractivity contribution is -0.146. The van der Waals surface area contributed by atoms with Crippen molar-refractivity contribution < 1.29 is 27.2 Å². The Hall–Kier alpha value is -2.91. The van der Waals surface area contributed by atoms with E-state index in [1.54, 1.807) is 24.3 Å². The van der Waals surface area contributed by atoms with Crippen LogP contribution in [0.4, 0.5) is 5.69 Å². The zero-order chi connectivity index (χ0) is 22.6. The molecule has 31 heavy (non-hydrogen) atoms. The number of furan rings is 1. The van der Waals surface area contributed by atoms with E-state index in [1.165, 1.54) is 18.2 Å². The molecule has 0 spiro atoms. The van der Waals surface area contributed by atoms with Gasteiger partial charge in [0.2, 0.25) is 15.8 Å². The van der Waals surface area contributed by atoms with Crippen LogP contribution in [0, 0.1) is 11.3 Å². The van der Waals surface area contributed by atoms with Gasteiger partial charge in [-0.25, -0.2) is 8.42 Å². The average molecular weight is 527 g/mol.